The molecule has 94 valence electrons. The number of nitrogens with one attached hydrogen (secondary N) is 1. The fourth-order valence-electron chi connectivity index (χ4n) is 3.42. The van der Waals surface area contributed by atoms with Crippen molar-refractivity contribution in [3.8, 4) is 0 Å². The maximum Gasteiger partial charge on any atom is 0.0462 e. The average Bonchev–Trinajstić information content (AvgIpc) is 2.38. The molecule has 2 fully saturated rings. The van der Waals surface area contributed by atoms with E-state index in [1.54, 1.807) is 0 Å². The third-order valence-electron chi connectivity index (χ3n) is 4.57. The van der Waals surface area contributed by atoms with Crippen LogP contribution in [0.3, 0.4) is 0 Å². The maximum absolute atomic E-state index is 9.37. The second kappa shape index (κ2) is 6.61. The van der Waals surface area contributed by atoms with Crippen LogP contribution in [0.15, 0.2) is 0 Å². The summed E-state index contributed by atoms with van der Waals surface area (Å²) in [5, 5.41) is 13.1. The van der Waals surface area contributed by atoms with Crippen LogP contribution in [0.5, 0.6) is 0 Å². The Labute approximate surface area is 99.8 Å². The molecule has 0 amide bonds. The van der Waals surface area contributed by atoms with Gasteiger partial charge in [0.25, 0.3) is 0 Å². The van der Waals surface area contributed by atoms with Crippen LogP contribution in [0.2, 0.25) is 0 Å². The van der Waals surface area contributed by atoms with Crippen LogP contribution in [-0.2, 0) is 0 Å². The second-order valence-corrected chi connectivity index (χ2v) is 5.73. The molecule has 0 heterocycles. The van der Waals surface area contributed by atoms with Crippen LogP contribution in [-0.4, -0.2) is 24.3 Å². The Kier molecular flexibility index (Phi) is 5.11. The minimum Gasteiger partial charge on any atom is -0.396 e. The Balaban J connectivity index is 1.70. The normalized spacial score (nSPS) is 32.8. The Hall–Kier alpha value is -0.0800. The summed E-state index contributed by atoms with van der Waals surface area (Å²) < 4.78 is 0. The highest BCUT2D eigenvalue weighted by Gasteiger charge is 2.25. The van der Waals surface area contributed by atoms with Gasteiger partial charge in [-0.05, 0) is 44.1 Å². The van der Waals surface area contributed by atoms with Crippen molar-refractivity contribution in [2.75, 3.05) is 13.2 Å². The maximum atomic E-state index is 9.37. The highest BCUT2D eigenvalue weighted by atomic mass is 16.3. The zero-order valence-corrected chi connectivity index (χ0v) is 10.5. The first-order chi connectivity index (χ1) is 7.90. The van der Waals surface area contributed by atoms with Gasteiger partial charge in [0.05, 0.1) is 0 Å². The van der Waals surface area contributed by atoms with Crippen molar-refractivity contribution in [2.45, 2.75) is 63.8 Å². The minimum atomic E-state index is 0.400. The number of aliphatic hydroxyl groups excluding tert-OH is 1. The first-order valence-corrected chi connectivity index (χ1v) is 7.24. The summed E-state index contributed by atoms with van der Waals surface area (Å²) in [5.74, 6) is 1.31. The topological polar surface area (TPSA) is 32.3 Å². The molecule has 0 bridgehead atoms. The van der Waals surface area contributed by atoms with Crippen molar-refractivity contribution < 1.29 is 5.11 Å². The molecule has 16 heavy (non-hydrogen) atoms. The standard InChI is InChI=1S/C14H27NO/c16-11-13-7-5-4-6-12(13)10-15-14-8-2-1-3-9-14/h12-16H,1-11H2. The molecule has 2 atom stereocenters. The molecule has 0 spiro atoms. The summed E-state index contributed by atoms with van der Waals surface area (Å²) in [7, 11) is 0. The van der Waals surface area contributed by atoms with E-state index in [0.717, 1.165) is 18.5 Å². The van der Waals surface area contributed by atoms with E-state index in [1.807, 2.05) is 0 Å². The third kappa shape index (κ3) is 3.46. The number of rotatable bonds is 4. The summed E-state index contributed by atoms with van der Waals surface area (Å²) in [5.41, 5.74) is 0. The first kappa shape index (κ1) is 12.4. The third-order valence-corrected chi connectivity index (χ3v) is 4.57. The van der Waals surface area contributed by atoms with Crippen molar-refractivity contribution >= 4 is 0 Å². The zero-order valence-electron chi connectivity index (χ0n) is 10.5. The molecule has 2 aliphatic carbocycles. The molecule has 2 heteroatoms. The molecule has 0 aromatic carbocycles. The van der Waals surface area contributed by atoms with E-state index in [9.17, 15) is 5.11 Å². The van der Waals surface area contributed by atoms with E-state index < -0.39 is 0 Å². The SMILES string of the molecule is OCC1CCCCC1CNC1CCCCC1. The highest BCUT2D eigenvalue weighted by Crippen LogP contribution is 2.29. The molecule has 2 saturated carbocycles. The molecule has 2 nitrogen and oxygen atoms in total. The lowest BCUT2D eigenvalue weighted by Crippen LogP contribution is -2.38. The van der Waals surface area contributed by atoms with E-state index in [2.05, 4.69) is 5.32 Å². The van der Waals surface area contributed by atoms with Crippen molar-refractivity contribution in [2.24, 2.45) is 11.8 Å². The first-order valence-electron chi connectivity index (χ1n) is 7.24. The van der Waals surface area contributed by atoms with Gasteiger partial charge in [0.15, 0.2) is 0 Å². The molecule has 0 radical (unpaired) electrons. The molecule has 0 aromatic heterocycles. The van der Waals surface area contributed by atoms with E-state index in [-0.39, 0.29) is 0 Å². The number of hydrogen-bond donors (Lipinski definition) is 2. The summed E-state index contributed by atoms with van der Waals surface area (Å²) >= 11 is 0. The van der Waals surface area contributed by atoms with Crippen LogP contribution in [0.4, 0.5) is 0 Å². The number of aliphatic hydroxyl groups is 1. The second-order valence-electron chi connectivity index (χ2n) is 5.73. The van der Waals surface area contributed by atoms with E-state index in [4.69, 9.17) is 0 Å². The fourth-order valence-corrected chi connectivity index (χ4v) is 3.42. The average molecular weight is 225 g/mol. The smallest absolute Gasteiger partial charge is 0.0462 e. The van der Waals surface area contributed by atoms with Gasteiger partial charge >= 0.3 is 0 Å². The molecule has 0 saturated heterocycles. The van der Waals surface area contributed by atoms with Gasteiger partial charge in [0, 0.05) is 12.6 Å². The minimum absolute atomic E-state index is 0.400. The van der Waals surface area contributed by atoms with Crippen LogP contribution >= 0.6 is 0 Å². The van der Waals surface area contributed by atoms with E-state index in [0.29, 0.717) is 12.5 Å². The van der Waals surface area contributed by atoms with Gasteiger partial charge in [0.1, 0.15) is 0 Å². The van der Waals surface area contributed by atoms with Crippen LogP contribution < -0.4 is 5.32 Å². The lowest BCUT2D eigenvalue weighted by Gasteiger charge is -2.32. The zero-order chi connectivity index (χ0) is 11.2. The summed E-state index contributed by atoms with van der Waals surface area (Å²) in [4.78, 5) is 0. The fraction of sp³-hybridized carbons (Fsp3) is 1.00. The van der Waals surface area contributed by atoms with Crippen molar-refractivity contribution in [1.29, 1.82) is 0 Å². The molecular formula is C14H27NO. The van der Waals surface area contributed by atoms with Gasteiger partial charge in [-0.2, -0.15) is 0 Å². The summed E-state index contributed by atoms with van der Waals surface area (Å²) in [6, 6.07) is 0.773. The molecule has 2 rings (SSSR count). The molecule has 2 unspecified atom stereocenters. The lowest BCUT2D eigenvalue weighted by molar-refractivity contribution is 0.129. The summed E-state index contributed by atoms with van der Waals surface area (Å²) in [6.45, 7) is 1.55. The Morgan fingerprint density at radius 2 is 1.44 bits per heavy atom. The van der Waals surface area contributed by atoms with Gasteiger partial charge in [-0.25, -0.2) is 0 Å². The molecule has 2 N–H and O–H groups in total. The van der Waals surface area contributed by atoms with Crippen LogP contribution in [0.1, 0.15) is 57.8 Å². The number of hydrogen-bond acceptors (Lipinski definition) is 2. The summed E-state index contributed by atoms with van der Waals surface area (Å²) in [6.07, 6.45) is 12.3. The predicted molar refractivity (Wildman–Crippen MR) is 67.4 cm³/mol. The van der Waals surface area contributed by atoms with Crippen molar-refractivity contribution in [3.05, 3.63) is 0 Å². The largest absolute Gasteiger partial charge is 0.396 e. The predicted octanol–water partition coefficient (Wildman–Crippen LogP) is 2.71. The van der Waals surface area contributed by atoms with E-state index >= 15 is 0 Å². The Bertz CT molecular complexity index is 189. The molecular weight excluding hydrogens is 198 g/mol. The molecule has 2 aliphatic rings. The monoisotopic (exact) mass is 225 g/mol. The Morgan fingerprint density at radius 1 is 0.812 bits per heavy atom. The lowest BCUT2D eigenvalue weighted by atomic mass is 9.79. The van der Waals surface area contributed by atoms with Crippen molar-refractivity contribution in [3.63, 3.8) is 0 Å². The Morgan fingerprint density at radius 3 is 2.12 bits per heavy atom. The van der Waals surface area contributed by atoms with Gasteiger partial charge in [-0.15, -0.1) is 0 Å². The van der Waals surface area contributed by atoms with Crippen molar-refractivity contribution in [1.82, 2.24) is 5.32 Å². The van der Waals surface area contributed by atoms with Crippen LogP contribution in [0, 0.1) is 11.8 Å². The van der Waals surface area contributed by atoms with Gasteiger partial charge in [-0.1, -0.05) is 32.1 Å². The molecule has 0 aliphatic heterocycles. The van der Waals surface area contributed by atoms with Gasteiger partial charge in [-0.3, -0.25) is 0 Å². The molecule has 0 aromatic rings. The van der Waals surface area contributed by atoms with Gasteiger partial charge < -0.3 is 10.4 Å². The van der Waals surface area contributed by atoms with Gasteiger partial charge in [0.2, 0.25) is 0 Å². The quantitative estimate of drug-likeness (QED) is 0.771. The van der Waals surface area contributed by atoms with Crippen LogP contribution in [0.25, 0.3) is 0 Å². The highest BCUT2D eigenvalue weighted by molar-refractivity contribution is 4.79. The van der Waals surface area contributed by atoms with E-state index in [1.165, 1.54) is 57.8 Å².